The van der Waals surface area contributed by atoms with Crippen molar-refractivity contribution in [2.24, 2.45) is 0 Å². The van der Waals surface area contributed by atoms with Gasteiger partial charge in [-0.2, -0.15) is 13.2 Å². The topological polar surface area (TPSA) is 38.0 Å². The van der Waals surface area contributed by atoms with Crippen LogP contribution < -0.4 is 11.1 Å². The summed E-state index contributed by atoms with van der Waals surface area (Å²) in [5, 5.41) is 3.08. The van der Waals surface area contributed by atoms with Gasteiger partial charge in [-0.25, -0.2) is 0 Å². The summed E-state index contributed by atoms with van der Waals surface area (Å²) in [6, 6.07) is 2.21. The zero-order valence-corrected chi connectivity index (χ0v) is 7.99. The van der Waals surface area contributed by atoms with Gasteiger partial charge in [-0.3, -0.25) is 0 Å². The molecule has 0 amide bonds. The Bertz CT molecular complexity index is 385. The molecule has 0 radical (unpaired) electrons. The van der Waals surface area contributed by atoms with E-state index in [-0.39, 0.29) is 5.69 Å². The van der Waals surface area contributed by atoms with Gasteiger partial charge < -0.3 is 11.1 Å². The number of fused-ring (bicyclic) bond motifs is 1. The lowest BCUT2D eigenvalue weighted by molar-refractivity contribution is -0.137. The standard InChI is InChI=1S/C10H11F3N2/c11-10(12,13)7-3-6-1-2-15-5-8(6)9(14)4-7/h3-4,15H,1-2,5,14H2. The summed E-state index contributed by atoms with van der Waals surface area (Å²) in [4.78, 5) is 0. The van der Waals surface area contributed by atoms with Crippen molar-refractivity contribution < 1.29 is 13.2 Å². The van der Waals surface area contributed by atoms with Gasteiger partial charge >= 0.3 is 6.18 Å². The maximum atomic E-state index is 12.5. The summed E-state index contributed by atoms with van der Waals surface area (Å²) in [7, 11) is 0. The number of rotatable bonds is 0. The number of halogens is 3. The second-order valence-electron chi connectivity index (χ2n) is 3.63. The molecule has 1 heterocycles. The summed E-state index contributed by atoms with van der Waals surface area (Å²) in [6.07, 6.45) is -3.71. The molecule has 1 aromatic rings. The highest BCUT2D eigenvalue weighted by Crippen LogP contribution is 2.33. The van der Waals surface area contributed by atoms with Crippen LogP contribution in [-0.2, 0) is 19.1 Å². The molecule has 0 spiro atoms. The van der Waals surface area contributed by atoms with Gasteiger partial charge in [-0.15, -0.1) is 0 Å². The largest absolute Gasteiger partial charge is 0.416 e. The molecule has 0 atom stereocenters. The molecule has 0 unspecified atom stereocenters. The Kier molecular flexibility index (Phi) is 2.34. The van der Waals surface area contributed by atoms with Crippen LogP contribution in [0.2, 0.25) is 0 Å². The van der Waals surface area contributed by atoms with Crippen LogP contribution in [0.3, 0.4) is 0 Å². The van der Waals surface area contributed by atoms with Gasteiger partial charge in [0, 0.05) is 12.2 Å². The fourth-order valence-electron chi connectivity index (χ4n) is 1.80. The van der Waals surface area contributed by atoms with E-state index in [1.54, 1.807) is 0 Å². The average Bonchev–Trinajstić information content (AvgIpc) is 2.16. The SMILES string of the molecule is Nc1cc(C(F)(F)F)cc2c1CNCC2. The van der Waals surface area contributed by atoms with Gasteiger partial charge in [-0.1, -0.05) is 0 Å². The molecule has 1 aliphatic heterocycles. The Morgan fingerprint density at radius 2 is 2.00 bits per heavy atom. The third kappa shape index (κ3) is 1.92. The molecule has 3 N–H and O–H groups in total. The van der Waals surface area contributed by atoms with Gasteiger partial charge in [0.15, 0.2) is 0 Å². The Hall–Kier alpha value is -1.23. The van der Waals surface area contributed by atoms with Crippen LogP contribution >= 0.6 is 0 Å². The van der Waals surface area contributed by atoms with Crippen LogP contribution in [-0.4, -0.2) is 6.54 Å². The highest BCUT2D eigenvalue weighted by molar-refractivity contribution is 5.55. The van der Waals surface area contributed by atoms with Crippen LogP contribution in [0.25, 0.3) is 0 Å². The summed E-state index contributed by atoms with van der Waals surface area (Å²) in [5.74, 6) is 0. The minimum Gasteiger partial charge on any atom is -0.398 e. The lowest BCUT2D eigenvalue weighted by Crippen LogP contribution is -2.25. The molecule has 1 aliphatic rings. The van der Waals surface area contributed by atoms with Gasteiger partial charge in [0.1, 0.15) is 0 Å². The van der Waals surface area contributed by atoms with Crippen molar-refractivity contribution in [3.63, 3.8) is 0 Å². The van der Waals surface area contributed by atoms with Gasteiger partial charge in [0.2, 0.25) is 0 Å². The summed E-state index contributed by atoms with van der Waals surface area (Å²) in [6.45, 7) is 1.26. The molecule has 0 aliphatic carbocycles. The fourth-order valence-corrected chi connectivity index (χ4v) is 1.80. The average molecular weight is 216 g/mol. The van der Waals surface area contributed by atoms with E-state index >= 15 is 0 Å². The zero-order valence-electron chi connectivity index (χ0n) is 7.99. The molecule has 82 valence electrons. The van der Waals surface area contributed by atoms with Crippen molar-refractivity contribution in [1.82, 2.24) is 5.32 Å². The molecule has 2 nitrogen and oxygen atoms in total. The van der Waals surface area contributed by atoms with E-state index in [0.29, 0.717) is 25.1 Å². The Labute approximate surface area is 85.3 Å². The van der Waals surface area contributed by atoms with Crippen LogP contribution in [0.1, 0.15) is 16.7 Å². The first-order valence-electron chi connectivity index (χ1n) is 4.67. The molecule has 0 fully saturated rings. The summed E-state index contributed by atoms with van der Waals surface area (Å²) < 4.78 is 37.4. The third-order valence-electron chi connectivity index (χ3n) is 2.58. The molecule has 0 aromatic heterocycles. The maximum absolute atomic E-state index is 12.5. The van der Waals surface area contributed by atoms with Gasteiger partial charge in [0.25, 0.3) is 0 Å². The lowest BCUT2D eigenvalue weighted by Gasteiger charge is -2.20. The predicted octanol–water partition coefficient (Wildman–Crippen LogP) is 1.93. The summed E-state index contributed by atoms with van der Waals surface area (Å²) >= 11 is 0. The molecule has 1 aromatic carbocycles. The lowest BCUT2D eigenvalue weighted by atomic mass is 9.96. The highest BCUT2D eigenvalue weighted by Gasteiger charge is 2.32. The van der Waals surface area contributed by atoms with E-state index in [2.05, 4.69) is 5.32 Å². The maximum Gasteiger partial charge on any atom is 0.416 e. The van der Waals surface area contributed by atoms with Crippen LogP contribution in [0, 0.1) is 0 Å². The van der Waals surface area contributed by atoms with Crippen molar-refractivity contribution in [2.75, 3.05) is 12.3 Å². The molecule has 0 saturated heterocycles. The third-order valence-corrected chi connectivity index (χ3v) is 2.58. The Morgan fingerprint density at radius 3 is 2.67 bits per heavy atom. The molecule has 0 saturated carbocycles. The number of hydrogen-bond acceptors (Lipinski definition) is 2. The first kappa shape index (κ1) is 10.3. The number of nitrogens with one attached hydrogen (secondary N) is 1. The second kappa shape index (κ2) is 3.41. The predicted molar refractivity (Wildman–Crippen MR) is 51.3 cm³/mol. The summed E-state index contributed by atoms with van der Waals surface area (Å²) in [5.41, 5.74) is 6.68. The molecule has 0 bridgehead atoms. The van der Waals surface area contributed by atoms with Gasteiger partial charge in [0.05, 0.1) is 5.56 Å². The number of anilines is 1. The van der Waals surface area contributed by atoms with E-state index in [1.165, 1.54) is 6.07 Å². The number of benzene rings is 1. The number of nitrogens with two attached hydrogens (primary N) is 1. The van der Waals surface area contributed by atoms with Crippen molar-refractivity contribution in [1.29, 1.82) is 0 Å². The van der Waals surface area contributed by atoms with Gasteiger partial charge in [-0.05, 0) is 36.2 Å². The smallest absolute Gasteiger partial charge is 0.398 e. The minimum absolute atomic E-state index is 0.229. The van der Waals surface area contributed by atoms with Crippen molar-refractivity contribution >= 4 is 5.69 Å². The van der Waals surface area contributed by atoms with Crippen LogP contribution in [0.5, 0.6) is 0 Å². The molecular formula is C10H11F3N2. The van der Waals surface area contributed by atoms with Crippen molar-refractivity contribution in [2.45, 2.75) is 19.1 Å². The molecule has 5 heteroatoms. The number of hydrogen-bond donors (Lipinski definition) is 2. The Morgan fingerprint density at radius 1 is 1.27 bits per heavy atom. The van der Waals surface area contributed by atoms with Crippen molar-refractivity contribution in [3.05, 3.63) is 28.8 Å². The van der Waals surface area contributed by atoms with Crippen LogP contribution in [0.4, 0.5) is 18.9 Å². The van der Waals surface area contributed by atoms with Crippen LogP contribution in [0.15, 0.2) is 12.1 Å². The van der Waals surface area contributed by atoms with E-state index in [9.17, 15) is 13.2 Å². The zero-order chi connectivity index (χ0) is 11.1. The first-order chi connectivity index (χ1) is 6.98. The number of alkyl halides is 3. The first-order valence-corrected chi connectivity index (χ1v) is 4.67. The monoisotopic (exact) mass is 216 g/mol. The molecular weight excluding hydrogens is 205 g/mol. The van der Waals surface area contributed by atoms with E-state index in [4.69, 9.17) is 5.73 Å². The van der Waals surface area contributed by atoms with Crippen molar-refractivity contribution in [3.8, 4) is 0 Å². The quantitative estimate of drug-likeness (QED) is 0.650. The fraction of sp³-hybridized carbons (Fsp3) is 0.400. The molecule has 2 rings (SSSR count). The Balaban J connectivity index is 2.50. The normalized spacial score (nSPS) is 16.2. The van der Waals surface area contributed by atoms with E-state index in [0.717, 1.165) is 11.6 Å². The highest BCUT2D eigenvalue weighted by atomic mass is 19.4. The number of nitrogen functional groups attached to an aromatic ring is 1. The second-order valence-corrected chi connectivity index (χ2v) is 3.63. The van der Waals surface area contributed by atoms with E-state index in [1.807, 2.05) is 0 Å². The molecule has 15 heavy (non-hydrogen) atoms. The minimum atomic E-state index is -4.31. The van der Waals surface area contributed by atoms with E-state index < -0.39 is 11.7 Å².